The van der Waals surface area contributed by atoms with Crippen molar-refractivity contribution in [2.24, 2.45) is 4.99 Å². The number of carbonyl (C=O) groups is 2. The number of imide groups is 1. The summed E-state index contributed by atoms with van der Waals surface area (Å²) in [7, 11) is 0. The first kappa shape index (κ1) is 19.5. The van der Waals surface area contributed by atoms with Crippen LogP contribution >= 0.6 is 11.8 Å². The molecule has 1 saturated carbocycles. The Bertz CT molecular complexity index is 524. The predicted molar refractivity (Wildman–Crippen MR) is 106 cm³/mol. The van der Waals surface area contributed by atoms with E-state index in [4.69, 9.17) is 4.99 Å². The van der Waals surface area contributed by atoms with Gasteiger partial charge in [0.2, 0.25) is 11.8 Å². The summed E-state index contributed by atoms with van der Waals surface area (Å²) < 4.78 is 0.394. The van der Waals surface area contributed by atoms with Crippen LogP contribution in [0.5, 0.6) is 0 Å². The van der Waals surface area contributed by atoms with E-state index in [9.17, 15) is 9.59 Å². The van der Waals surface area contributed by atoms with Gasteiger partial charge in [0.25, 0.3) is 0 Å². The number of aliphatic imine (C=N–C) groups is 1. The van der Waals surface area contributed by atoms with Gasteiger partial charge >= 0.3 is 0 Å². The van der Waals surface area contributed by atoms with Crippen molar-refractivity contribution < 1.29 is 9.59 Å². The van der Waals surface area contributed by atoms with Gasteiger partial charge in [0.15, 0.2) is 5.96 Å². The first-order chi connectivity index (χ1) is 12.6. The van der Waals surface area contributed by atoms with Crippen molar-refractivity contribution in [1.29, 1.82) is 0 Å². The molecule has 7 heteroatoms. The van der Waals surface area contributed by atoms with Gasteiger partial charge in [-0.25, -0.2) is 0 Å². The lowest BCUT2D eigenvalue weighted by molar-refractivity contribution is -0.147. The molecule has 2 saturated heterocycles. The Labute approximate surface area is 161 Å². The fourth-order valence-corrected chi connectivity index (χ4v) is 5.82. The number of likely N-dealkylation sites (tertiary alicyclic amines) is 1. The fraction of sp³-hybridized carbons (Fsp3) is 0.842. The highest BCUT2D eigenvalue weighted by Gasteiger charge is 2.38. The number of nitrogens with zero attached hydrogens (tertiary/aromatic N) is 3. The molecular weight excluding hydrogens is 348 g/mol. The van der Waals surface area contributed by atoms with E-state index < -0.39 is 0 Å². The van der Waals surface area contributed by atoms with Gasteiger partial charge in [-0.3, -0.25) is 19.5 Å². The normalized spacial score (nSPS) is 24.3. The standard InChI is InChI=1S/C19H32N4O2S/c1-2-20-18(21-11-12-23-16(24)7-6-8-17(23)25)22-13-14-26-19(15-22)9-4-3-5-10-19/h2-15H2,1H3,(H,20,21). The van der Waals surface area contributed by atoms with E-state index in [0.717, 1.165) is 31.3 Å². The van der Waals surface area contributed by atoms with Crippen molar-refractivity contribution in [3.05, 3.63) is 0 Å². The van der Waals surface area contributed by atoms with Crippen LogP contribution in [0.1, 0.15) is 58.3 Å². The van der Waals surface area contributed by atoms with Crippen LogP contribution < -0.4 is 5.32 Å². The third-order valence-corrected chi connectivity index (χ3v) is 7.15. The maximum absolute atomic E-state index is 11.9. The van der Waals surface area contributed by atoms with Crippen molar-refractivity contribution >= 4 is 29.5 Å². The second kappa shape index (κ2) is 9.11. The summed E-state index contributed by atoms with van der Waals surface area (Å²) in [5.74, 6) is 2.00. The lowest BCUT2D eigenvalue weighted by atomic mass is 9.87. The second-order valence-electron chi connectivity index (χ2n) is 7.54. The Morgan fingerprint density at radius 2 is 1.88 bits per heavy atom. The van der Waals surface area contributed by atoms with E-state index in [1.165, 1.54) is 37.0 Å². The molecule has 6 nitrogen and oxygen atoms in total. The molecule has 3 aliphatic rings. The topological polar surface area (TPSA) is 65.0 Å². The largest absolute Gasteiger partial charge is 0.357 e. The highest BCUT2D eigenvalue weighted by atomic mass is 32.2. The molecule has 3 rings (SSSR count). The minimum atomic E-state index is -0.0445. The second-order valence-corrected chi connectivity index (χ2v) is 9.10. The lowest BCUT2D eigenvalue weighted by Gasteiger charge is -2.45. The Balaban J connectivity index is 1.61. The predicted octanol–water partition coefficient (Wildman–Crippen LogP) is 2.24. The van der Waals surface area contributed by atoms with Gasteiger partial charge in [0, 0.05) is 49.5 Å². The van der Waals surface area contributed by atoms with Gasteiger partial charge in [-0.15, -0.1) is 0 Å². The lowest BCUT2D eigenvalue weighted by Crippen LogP contribution is -2.53. The molecule has 0 unspecified atom stereocenters. The van der Waals surface area contributed by atoms with Gasteiger partial charge in [0.1, 0.15) is 0 Å². The van der Waals surface area contributed by atoms with E-state index in [1.54, 1.807) is 0 Å². The minimum Gasteiger partial charge on any atom is -0.357 e. The van der Waals surface area contributed by atoms with Crippen LogP contribution in [0, 0.1) is 0 Å². The van der Waals surface area contributed by atoms with Crippen molar-refractivity contribution in [3.8, 4) is 0 Å². The van der Waals surface area contributed by atoms with Crippen LogP contribution in [0.4, 0.5) is 0 Å². The summed E-state index contributed by atoms with van der Waals surface area (Å²) in [5, 5.41) is 3.41. The molecule has 1 spiro atoms. The molecule has 0 aromatic carbocycles. The van der Waals surface area contributed by atoms with E-state index >= 15 is 0 Å². The summed E-state index contributed by atoms with van der Waals surface area (Å²) >= 11 is 2.15. The maximum Gasteiger partial charge on any atom is 0.229 e. The number of guanidine groups is 1. The number of rotatable bonds is 4. The van der Waals surface area contributed by atoms with Crippen LogP contribution in [-0.2, 0) is 9.59 Å². The van der Waals surface area contributed by atoms with Crippen molar-refractivity contribution in [2.45, 2.75) is 63.0 Å². The summed E-state index contributed by atoms with van der Waals surface area (Å²) in [6.45, 7) is 5.88. The van der Waals surface area contributed by atoms with Gasteiger partial charge in [-0.1, -0.05) is 19.3 Å². The van der Waals surface area contributed by atoms with Gasteiger partial charge in [-0.2, -0.15) is 11.8 Å². The monoisotopic (exact) mass is 380 g/mol. The molecule has 1 N–H and O–H groups in total. The molecule has 0 bridgehead atoms. The molecule has 2 aliphatic heterocycles. The molecule has 146 valence electrons. The Kier molecular flexibility index (Phi) is 6.84. The zero-order chi connectivity index (χ0) is 18.4. The van der Waals surface area contributed by atoms with Crippen molar-refractivity contribution in [3.63, 3.8) is 0 Å². The van der Waals surface area contributed by atoms with Crippen LogP contribution in [0.3, 0.4) is 0 Å². The van der Waals surface area contributed by atoms with Crippen LogP contribution in [0.15, 0.2) is 4.99 Å². The SMILES string of the molecule is CCNC(=NCCN1C(=O)CCCC1=O)N1CCSC2(CCCCC2)C1. The molecule has 3 fully saturated rings. The smallest absolute Gasteiger partial charge is 0.229 e. The summed E-state index contributed by atoms with van der Waals surface area (Å²) in [5.41, 5.74) is 0. The van der Waals surface area contributed by atoms with Crippen molar-refractivity contribution in [1.82, 2.24) is 15.1 Å². The first-order valence-corrected chi connectivity index (χ1v) is 11.1. The number of carbonyl (C=O) groups excluding carboxylic acids is 2. The Hall–Kier alpha value is -1.24. The third kappa shape index (κ3) is 4.72. The summed E-state index contributed by atoms with van der Waals surface area (Å²) in [4.78, 5) is 32.4. The van der Waals surface area contributed by atoms with E-state index in [1.807, 2.05) is 0 Å². The third-order valence-electron chi connectivity index (χ3n) is 5.62. The van der Waals surface area contributed by atoms with Crippen molar-refractivity contribution in [2.75, 3.05) is 38.5 Å². The zero-order valence-electron chi connectivity index (χ0n) is 16.0. The van der Waals surface area contributed by atoms with Crippen LogP contribution in [0.2, 0.25) is 0 Å². The highest BCUT2D eigenvalue weighted by Crippen LogP contribution is 2.42. The average Bonchev–Trinajstić information content (AvgIpc) is 2.64. The highest BCUT2D eigenvalue weighted by molar-refractivity contribution is 8.00. The molecule has 0 aromatic heterocycles. The number of hydrogen-bond acceptors (Lipinski definition) is 4. The van der Waals surface area contributed by atoms with Crippen LogP contribution in [-0.4, -0.2) is 70.8 Å². The number of thioether (sulfide) groups is 1. The fourth-order valence-electron chi connectivity index (χ4n) is 4.26. The first-order valence-electron chi connectivity index (χ1n) is 10.1. The number of hydrogen-bond donors (Lipinski definition) is 1. The molecular formula is C19H32N4O2S. The van der Waals surface area contributed by atoms with Gasteiger partial charge in [-0.05, 0) is 26.2 Å². The molecule has 0 atom stereocenters. The molecule has 2 amide bonds. The average molecular weight is 381 g/mol. The van der Waals surface area contributed by atoms with E-state index in [0.29, 0.717) is 37.1 Å². The molecule has 1 aliphatic carbocycles. The molecule has 0 radical (unpaired) electrons. The van der Waals surface area contributed by atoms with Gasteiger partial charge in [0.05, 0.1) is 6.54 Å². The Morgan fingerprint density at radius 3 is 2.58 bits per heavy atom. The number of nitrogens with one attached hydrogen (secondary N) is 1. The molecule has 0 aromatic rings. The Morgan fingerprint density at radius 1 is 1.15 bits per heavy atom. The van der Waals surface area contributed by atoms with Gasteiger partial charge < -0.3 is 10.2 Å². The summed E-state index contributed by atoms with van der Waals surface area (Å²) in [6.07, 6.45) is 8.33. The van der Waals surface area contributed by atoms with E-state index in [-0.39, 0.29) is 11.8 Å². The zero-order valence-corrected chi connectivity index (χ0v) is 16.8. The number of amides is 2. The van der Waals surface area contributed by atoms with E-state index in [2.05, 4.69) is 28.9 Å². The minimum absolute atomic E-state index is 0.0445. The summed E-state index contributed by atoms with van der Waals surface area (Å²) in [6, 6.07) is 0. The van der Waals surface area contributed by atoms with Crippen LogP contribution in [0.25, 0.3) is 0 Å². The maximum atomic E-state index is 11.9. The molecule has 2 heterocycles. The molecule has 26 heavy (non-hydrogen) atoms. The quantitative estimate of drug-likeness (QED) is 0.460. The number of piperidine rings is 1.